The second-order valence-corrected chi connectivity index (χ2v) is 8.97. The number of halogens is 2. The lowest BCUT2D eigenvalue weighted by Crippen LogP contribution is -2.54. The van der Waals surface area contributed by atoms with Gasteiger partial charge in [-0.2, -0.15) is 5.10 Å². The smallest absolute Gasteiger partial charge is 0.282 e. The van der Waals surface area contributed by atoms with Gasteiger partial charge in [-0.05, 0) is 29.8 Å². The van der Waals surface area contributed by atoms with Gasteiger partial charge in [0.2, 0.25) is 0 Å². The minimum atomic E-state index is -2.64. The molecule has 0 unspecified atom stereocenters. The maximum Gasteiger partial charge on any atom is 0.282 e. The molecule has 0 atom stereocenters. The number of aromatic amines is 1. The molecule has 0 saturated carbocycles. The molecule has 2 aliphatic rings. The topological polar surface area (TPSA) is 85.3 Å². The van der Waals surface area contributed by atoms with E-state index in [1.165, 1.54) is 0 Å². The van der Waals surface area contributed by atoms with Gasteiger partial charge in [0.1, 0.15) is 0 Å². The molecule has 0 spiro atoms. The number of amidine groups is 1. The van der Waals surface area contributed by atoms with Crippen molar-refractivity contribution in [2.24, 2.45) is 12.0 Å². The van der Waals surface area contributed by atoms with Crippen LogP contribution in [0.3, 0.4) is 0 Å². The van der Waals surface area contributed by atoms with Crippen LogP contribution in [0.25, 0.3) is 27.7 Å². The van der Waals surface area contributed by atoms with Gasteiger partial charge >= 0.3 is 0 Å². The molecule has 36 heavy (non-hydrogen) atoms. The van der Waals surface area contributed by atoms with Crippen molar-refractivity contribution in [3.05, 3.63) is 90.8 Å². The first-order valence-corrected chi connectivity index (χ1v) is 11.4. The maximum absolute atomic E-state index is 13.3. The summed E-state index contributed by atoms with van der Waals surface area (Å²) in [6.45, 7) is 3.47. The summed E-state index contributed by atoms with van der Waals surface area (Å²) >= 11 is 0. The number of hydrazine groups is 1. The Hall–Kier alpha value is -4.60. The van der Waals surface area contributed by atoms with Gasteiger partial charge in [0.15, 0.2) is 11.7 Å². The van der Waals surface area contributed by atoms with Crippen LogP contribution in [-0.4, -0.2) is 44.5 Å². The summed E-state index contributed by atoms with van der Waals surface area (Å²) in [6, 6.07) is 16.0. The number of aromatic nitrogens is 3. The molecule has 1 fully saturated rings. The lowest BCUT2D eigenvalue weighted by molar-refractivity contribution is -0.105. The van der Waals surface area contributed by atoms with Gasteiger partial charge in [-0.3, -0.25) is 10.5 Å². The van der Waals surface area contributed by atoms with Gasteiger partial charge in [0, 0.05) is 41.0 Å². The first-order valence-electron chi connectivity index (χ1n) is 11.4. The molecule has 0 bridgehead atoms. The molecule has 4 N–H and O–H groups in total. The number of rotatable bonds is 6. The van der Waals surface area contributed by atoms with Gasteiger partial charge < -0.3 is 20.2 Å². The van der Waals surface area contributed by atoms with Crippen molar-refractivity contribution in [2.75, 3.05) is 18.4 Å². The molecule has 2 aliphatic heterocycles. The molecule has 1 saturated heterocycles. The van der Waals surface area contributed by atoms with Crippen molar-refractivity contribution in [1.29, 1.82) is 0 Å². The van der Waals surface area contributed by atoms with E-state index in [1.54, 1.807) is 17.3 Å². The molecule has 0 amide bonds. The summed E-state index contributed by atoms with van der Waals surface area (Å²) in [6.07, 6.45) is 5.38. The summed E-state index contributed by atoms with van der Waals surface area (Å²) in [5, 5.41) is 11.1. The molecule has 8 nitrogen and oxygen atoms in total. The van der Waals surface area contributed by atoms with Crippen LogP contribution in [0, 0.1) is 0 Å². The highest BCUT2D eigenvalue weighted by atomic mass is 19.3. The summed E-state index contributed by atoms with van der Waals surface area (Å²) in [7, 11) is 1.92. The van der Waals surface area contributed by atoms with Gasteiger partial charge in [0.25, 0.3) is 5.92 Å². The second-order valence-electron chi connectivity index (χ2n) is 8.97. The summed E-state index contributed by atoms with van der Waals surface area (Å²) in [5.41, 5.74) is 12.4. The molecule has 2 aromatic carbocycles. The van der Waals surface area contributed by atoms with E-state index in [1.807, 2.05) is 66.3 Å². The van der Waals surface area contributed by atoms with Crippen LogP contribution in [-0.2, 0) is 7.05 Å². The standard InChI is InChI=1S/C26H24F2N8/c1-16(36-14-26(27,28)15-36)22-9-18-3-4-19(10-23(18)35(22)2)25-33-24(13-31-34-25)32-21-7-5-17(6-8-21)20-11-29-30-12-20/h3-13,31-32H,1,14-15H2,2H3,(H,29,30)(H,33,34). The van der Waals surface area contributed by atoms with Crippen LogP contribution in [0.5, 0.6) is 0 Å². The van der Waals surface area contributed by atoms with E-state index in [0.717, 1.165) is 39.0 Å². The fourth-order valence-electron chi connectivity index (χ4n) is 4.48. The normalized spacial score (nSPS) is 16.5. The SMILES string of the molecule is C=C(c1cc2ccc(C3=NC(Nc4ccc(-c5cn[nH]c5)cc4)=CNN3)cc2n1C)N1CC(F)(F)C1. The average Bonchev–Trinajstić information content (AvgIpc) is 3.51. The number of H-pyrrole nitrogens is 1. The quantitative estimate of drug-likeness (QED) is 0.327. The predicted molar refractivity (Wildman–Crippen MR) is 137 cm³/mol. The molecule has 2 aromatic heterocycles. The third-order valence-electron chi connectivity index (χ3n) is 6.46. The molecule has 6 rings (SSSR count). The number of hydrogen-bond acceptors (Lipinski definition) is 6. The number of hydrogen-bond donors (Lipinski definition) is 4. The number of aryl methyl sites for hydroxylation is 1. The number of likely N-dealkylation sites (tertiary alicyclic amines) is 1. The molecule has 0 aliphatic carbocycles. The van der Waals surface area contributed by atoms with Crippen molar-refractivity contribution in [3.63, 3.8) is 0 Å². The Balaban J connectivity index is 1.21. The van der Waals surface area contributed by atoms with Crippen molar-refractivity contribution < 1.29 is 8.78 Å². The van der Waals surface area contributed by atoms with Gasteiger partial charge in [-0.15, -0.1) is 0 Å². The van der Waals surface area contributed by atoms with Crippen LogP contribution in [0.4, 0.5) is 14.5 Å². The number of nitrogens with zero attached hydrogens (tertiary/aromatic N) is 4. The van der Waals surface area contributed by atoms with Crippen molar-refractivity contribution in [3.8, 4) is 11.1 Å². The van der Waals surface area contributed by atoms with E-state index in [4.69, 9.17) is 4.99 Å². The minimum Gasteiger partial charge on any atom is -0.358 e. The summed E-state index contributed by atoms with van der Waals surface area (Å²) in [4.78, 5) is 6.33. The Morgan fingerprint density at radius 1 is 1.06 bits per heavy atom. The predicted octanol–water partition coefficient (Wildman–Crippen LogP) is 4.26. The Kier molecular flexibility index (Phi) is 5.03. The van der Waals surface area contributed by atoms with Crippen LogP contribution < -0.4 is 16.2 Å². The highest BCUT2D eigenvalue weighted by molar-refractivity contribution is 6.02. The average molecular weight is 487 g/mol. The number of anilines is 1. The fraction of sp³-hybridized carbons (Fsp3) is 0.154. The zero-order valence-electron chi connectivity index (χ0n) is 19.5. The molecule has 182 valence electrons. The number of nitrogens with one attached hydrogen (secondary N) is 4. The Morgan fingerprint density at radius 2 is 1.83 bits per heavy atom. The van der Waals surface area contributed by atoms with E-state index in [9.17, 15) is 8.78 Å². The van der Waals surface area contributed by atoms with E-state index in [2.05, 4.69) is 32.9 Å². The Bertz CT molecular complexity index is 1510. The van der Waals surface area contributed by atoms with Gasteiger partial charge in [0.05, 0.1) is 36.9 Å². The number of benzene rings is 2. The molecule has 4 aromatic rings. The zero-order chi connectivity index (χ0) is 24.9. The molecule has 10 heteroatoms. The van der Waals surface area contributed by atoms with Gasteiger partial charge in [-0.1, -0.05) is 30.8 Å². The lowest BCUT2D eigenvalue weighted by atomic mass is 10.1. The third kappa shape index (κ3) is 3.96. The van der Waals surface area contributed by atoms with E-state index in [0.29, 0.717) is 17.4 Å². The van der Waals surface area contributed by atoms with E-state index < -0.39 is 5.92 Å². The fourth-order valence-corrected chi connectivity index (χ4v) is 4.48. The Morgan fingerprint density at radius 3 is 2.56 bits per heavy atom. The Labute approximate surface area is 206 Å². The zero-order valence-corrected chi connectivity index (χ0v) is 19.5. The van der Waals surface area contributed by atoms with E-state index >= 15 is 0 Å². The summed E-state index contributed by atoms with van der Waals surface area (Å²) < 4.78 is 28.7. The van der Waals surface area contributed by atoms with Crippen LogP contribution in [0.1, 0.15) is 11.3 Å². The van der Waals surface area contributed by atoms with Crippen molar-refractivity contribution in [2.45, 2.75) is 5.92 Å². The largest absolute Gasteiger partial charge is 0.358 e. The monoisotopic (exact) mass is 486 g/mol. The number of alkyl halides is 2. The first kappa shape index (κ1) is 21.9. The highest BCUT2D eigenvalue weighted by Gasteiger charge is 2.44. The molecular weight excluding hydrogens is 462 g/mol. The van der Waals surface area contributed by atoms with Crippen LogP contribution in [0.2, 0.25) is 0 Å². The summed E-state index contributed by atoms with van der Waals surface area (Å²) in [5.74, 6) is -1.33. The highest BCUT2D eigenvalue weighted by Crippen LogP contribution is 2.35. The molecular formula is C26H24F2N8. The third-order valence-corrected chi connectivity index (χ3v) is 6.46. The van der Waals surface area contributed by atoms with Crippen LogP contribution >= 0.6 is 0 Å². The molecule has 0 radical (unpaired) electrons. The molecule has 4 heterocycles. The van der Waals surface area contributed by atoms with Gasteiger partial charge in [-0.25, -0.2) is 13.8 Å². The lowest BCUT2D eigenvalue weighted by Gasteiger charge is -2.41. The maximum atomic E-state index is 13.3. The van der Waals surface area contributed by atoms with Crippen molar-refractivity contribution in [1.82, 2.24) is 30.5 Å². The second kappa shape index (κ2) is 8.26. The van der Waals surface area contributed by atoms with E-state index in [-0.39, 0.29) is 13.1 Å². The number of fused-ring (bicyclic) bond motifs is 1. The van der Waals surface area contributed by atoms with Crippen LogP contribution in [0.15, 0.2) is 84.5 Å². The first-order chi connectivity index (χ1) is 17.4. The number of aliphatic imine (C=N–C) groups is 1. The minimum absolute atomic E-state index is 0.292. The van der Waals surface area contributed by atoms with Crippen molar-refractivity contribution >= 4 is 28.1 Å².